The summed E-state index contributed by atoms with van der Waals surface area (Å²) in [4.78, 5) is 9.72. The SMILES string of the molecule is CCNC(=NCCC1CCN(C)CC1)NC1CCN(c2cc(OC)cc(OC)c2)CC1. The molecule has 2 saturated heterocycles. The third-order valence-corrected chi connectivity index (χ3v) is 6.53. The molecule has 2 aliphatic rings. The lowest BCUT2D eigenvalue weighted by Crippen LogP contribution is -2.48. The van der Waals surface area contributed by atoms with Crippen molar-refractivity contribution in [1.29, 1.82) is 0 Å². The molecular weight excluding hydrogens is 390 g/mol. The summed E-state index contributed by atoms with van der Waals surface area (Å²) in [5.41, 5.74) is 1.16. The second-order valence-corrected chi connectivity index (χ2v) is 8.77. The lowest BCUT2D eigenvalue weighted by atomic mass is 9.94. The van der Waals surface area contributed by atoms with E-state index in [4.69, 9.17) is 14.5 Å². The van der Waals surface area contributed by atoms with Gasteiger partial charge in [-0.25, -0.2) is 0 Å². The summed E-state index contributed by atoms with van der Waals surface area (Å²) < 4.78 is 10.9. The standard InChI is InChI=1S/C24H41N5O2/c1-5-25-24(26-11-6-19-7-12-28(2)13-8-19)27-20-9-14-29(15-10-20)21-16-22(30-3)18-23(17-21)31-4/h16-20H,5-15H2,1-4H3,(H2,25,26,27). The Bertz CT molecular complexity index is 673. The minimum Gasteiger partial charge on any atom is -0.497 e. The molecule has 0 bridgehead atoms. The van der Waals surface area contributed by atoms with Crippen molar-refractivity contribution < 1.29 is 9.47 Å². The molecule has 0 atom stereocenters. The van der Waals surface area contributed by atoms with Gasteiger partial charge in [-0.1, -0.05) is 0 Å². The van der Waals surface area contributed by atoms with Crippen LogP contribution >= 0.6 is 0 Å². The van der Waals surface area contributed by atoms with E-state index < -0.39 is 0 Å². The number of nitrogens with zero attached hydrogens (tertiary/aromatic N) is 3. The van der Waals surface area contributed by atoms with Crippen molar-refractivity contribution in [3.05, 3.63) is 18.2 Å². The molecule has 2 aliphatic heterocycles. The van der Waals surface area contributed by atoms with Crippen LogP contribution in [0.1, 0.15) is 39.0 Å². The van der Waals surface area contributed by atoms with E-state index in [-0.39, 0.29) is 0 Å². The number of anilines is 1. The molecule has 0 aromatic heterocycles. The number of methoxy groups -OCH3 is 2. The average molecular weight is 432 g/mol. The highest BCUT2D eigenvalue weighted by Gasteiger charge is 2.21. The molecule has 31 heavy (non-hydrogen) atoms. The molecule has 174 valence electrons. The first-order valence-electron chi connectivity index (χ1n) is 11.8. The van der Waals surface area contributed by atoms with Crippen LogP contribution in [0, 0.1) is 5.92 Å². The van der Waals surface area contributed by atoms with E-state index in [1.54, 1.807) is 14.2 Å². The Morgan fingerprint density at radius 1 is 1.00 bits per heavy atom. The Kier molecular flexibility index (Phi) is 9.13. The first kappa shape index (κ1) is 23.5. The molecular formula is C24H41N5O2. The van der Waals surface area contributed by atoms with Gasteiger partial charge in [-0.05, 0) is 65.1 Å². The van der Waals surface area contributed by atoms with Crippen LogP contribution in [0.5, 0.6) is 11.5 Å². The molecule has 1 aromatic carbocycles. The number of aliphatic imine (C=N–C) groups is 1. The van der Waals surface area contributed by atoms with Crippen LogP contribution in [-0.2, 0) is 0 Å². The Morgan fingerprint density at radius 3 is 2.23 bits per heavy atom. The Morgan fingerprint density at radius 2 is 1.65 bits per heavy atom. The summed E-state index contributed by atoms with van der Waals surface area (Å²) in [7, 11) is 5.61. The highest BCUT2D eigenvalue weighted by molar-refractivity contribution is 5.80. The molecule has 0 aliphatic carbocycles. The monoisotopic (exact) mass is 431 g/mol. The fourth-order valence-corrected chi connectivity index (χ4v) is 4.48. The summed E-state index contributed by atoms with van der Waals surface area (Å²) in [5, 5.41) is 7.11. The van der Waals surface area contributed by atoms with Gasteiger partial charge in [0, 0.05) is 56.1 Å². The maximum atomic E-state index is 5.43. The van der Waals surface area contributed by atoms with E-state index in [1.807, 2.05) is 6.07 Å². The highest BCUT2D eigenvalue weighted by Crippen LogP contribution is 2.30. The zero-order chi connectivity index (χ0) is 22.1. The van der Waals surface area contributed by atoms with Crippen LogP contribution in [-0.4, -0.2) is 77.4 Å². The summed E-state index contributed by atoms with van der Waals surface area (Å²) in [5.74, 6) is 3.46. The summed E-state index contributed by atoms with van der Waals surface area (Å²) in [6, 6.07) is 6.54. The fraction of sp³-hybridized carbons (Fsp3) is 0.708. The van der Waals surface area contributed by atoms with Gasteiger partial charge in [-0.3, -0.25) is 4.99 Å². The van der Waals surface area contributed by atoms with Crippen LogP contribution in [0.3, 0.4) is 0 Å². The van der Waals surface area contributed by atoms with Gasteiger partial charge in [0.1, 0.15) is 11.5 Å². The predicted molar refractivity (Wildman–Crippen MR) is 129 cm³/mol. The largest absolute Gasteiger partial charge is 0.497 e. The number of nitrogens with one attached hydrogen (secondary N) is 2. The number of benzene rings is 1. The molecule has 7 nitrogen and oxygen atoms in total. The van der Waals surface area contributed by atoms with Gasteiger partial charge in [-0.2, -0.15) is 0 Å². The first-order valence-corrected chi connectivity index (χ1v) is 11.8. The van der Waals surface area contributed by atoms with Crippen LogP contribution in [0.25, 0.3) is 0 Å². The molecule has 0 unspecified atom stereocenters. The van der Waals surface area contributed by atoms with E-state index in [9.17, 15) is 0 Å². The third kappa shape index (κ3) is 7.20. The molecule has 1 aromatic rings. The van der Waals surface area contributed by atoms with Gasteiger partial charge in [0.2, 0.25) is 0 Å². The van der Waals surface area contributed by atoms with Gasteiger partial charge >= 0.3 is 0 Å². The first-order chi connectivity index (χ1) is 15.1. The fourth-order valence-electron chi connectivity index (χ4n) is 4.48. The van der Waals surface area contributed by atoms with E-state index >= 15 is 0 Å². The number of guanidine groups is 1. The van der Waals surface area contributed by atoms with Crippen molar-refractivity contribution in [3.63, 3.8) is 0 Å². The minimum absolute atomic E-state index is 0.449. The van der Waals surface area contributed by atoms with Crippen molar-refractivity contribution in [2.75, 3.05) is 65.4 Å². The number of piperidine rings is 2. The van der Waals surface area contributed by atoms with Gasteiger partial charge < -0.3 is 29.9 Å². The number of likely N-dealkylation sites (tertiary alicyclic amines) is 1. The minimum atomic E-state index is 0.449. The molecule has 2 heterocycles. The van der Waals surface area contributed by atoms with Crippen LogP contribution in [0.4, 0.5) is 5.69 Å². The molecule has 0 saturated carbocycles. The predicted octanol–water partition coefficient (Wildman–Crippen LogP) is 2.96. The van der Waals surface area contributed by atoms with Crippen molar-refractivity contribution in [3.8, 4) is 11.5 Å². The molecule has 0 amide bonds. The molecule has 2 fully saturated rings. The summed E-state index contributed by atoms with van der Waals surface area (Å²) in [6.07, 6.45) is 5.98. The number of hydrogen-bond donors (Lipinski definition) is 2. The van der Waals surface area contributed by atoms with Gasteiger partial charge in [0.15, 0.2) is 5.96 Å². The van der Waals surface area contributed by atoms with Crippen molar-refractivity contribution in [1.82, 2.24) is 15.5 Å². The zero-order valence-electron chi connectivity index (χ0n) is 19.8. The normalized spacial score (nSPS) is 19.4. The van der Waals surface area contributed by atoms with Gasteiger partial charge in [-0.15, -0.1) is 0 Å². The van der Waals surface area contributed by atoms with E-state index in [1.165, 1.54) is 32.4 Å². The lowest BCUT2D eigenvalue weighted by Gasteiger charge is -2.35. The topological polar surface area (TPSA) is 61.4 Å². The Labute approximate surface area is 188 Å². The highest BCUT2D eigenvalue weighted by atomic mass is 16.5. The van der Waals surface area contributed by atoms with Crippen molar-refractivity contribution in [2.24, 2.45) is 10.9 Å². The average Bonchev–Trinajstić information content (AvgIpc) is 2.80. The Hall–Kier alpha value is -2.15. The van der Waals surface area contributed by atoms with Crippen LogP contribution in [0.15, 0.2) is 23.2 Å². The van der Waals surface area contributed by atoms with Gasteiger partial charge in [0.05, 0.1) is 14.2 Å². The zero-order valence-corrected chi connectivity index (χ0v) is 19.8. The van der Waals surface area contributed by atoms with Crippen molar-refractivity contribution >= 4 is 11.6 Å². The third-order valence-electron chi connectivity index (χ3n) is 6.53. The van der Waals surface area contributed by atoms with E-state index in [2.05, 4.69) is 46.5 Å². The summed E-state index contributed by atoms with van der Waals surface area (Å²) >= 11 is 0. The number of ether oxygens (including phenoxy) is 2. The van der Waals surface area contributed by atoms with E-state index in [0.717, 1.165) is 68.1 Å². The molecule has 7 heteroatoms. The van der Waals surface area contributed by atoms with E-state index in [0.29, 0.717) is 6.04 Å². The second kappa shape index (κ2) is 12.0. The summed E-state index contributed by atoms with van der Waals surface area (Å²) in [6.45, 7) is 8.39. The van der Waals surface area contributed by atoms with Crippen LogP contribution in [0.2, 0.25) is 0 Å². The Balaban J connectivity index is 1.48. The van der Waals surface area contributed by atoms with Gasteiger partial charge in [0.25, 0.3) is 0 Å². The molecule has 0 radical (unpaired) electrons. The number of rotatable bonds is 8. The second-order valence-electron chi connectivity index (χ2n) is 8.77. The smallest absolute Gasteiger partial charge is 0.191 e. The molecule has 0 spiro atoms. The lowest BCUT2D eigenvalue weighted by molar-refractivity contribution is 0.214. The maximum Gasteiger partial charge on any atom is 0.191 e. The van der Waals surface area contributed by atoms with Crippen LogP contribution < -0.4 is 25.0 Å². The molecule has 2 N–H and O–H groups in total. The quantitative estimate of drug-likeness (QED) is 0.487. The number of hydrogen-bond acceptors (Lipinski definition) is 5. The molecule has 3 rings (SSSR count). The maximum absolute atomic E-state index is 5.43. The van der Waals surface area contributed by atoms with Crippen molar-refractivity contribution in [2.45, 2.75) is 45.1 Å².